The number of alkyl carbamates (subject to hydrolysis) is 1. The molecule has 0 bridgehead atoms. The monoisotopic (exact) mass is 569 g/mol. The van der Waals surface area contributed by atoms with Crippen molar-refractivity contribution in [3.05, 3.63) is 100 Å². The molecule has 0 saturated carbocycles. The summed E-state index contributed by atoms with van der Waals surface area (Å²) in [5, 5.41) is 22.0. The number of amides is 1. The summed E-state index contributed by atoms with van der Waals surface area (Å²) in [4.78, 5) is 36.5. The highest BCUT2D eigenvalue weighted by Gasteiger charge is 2.52. The zero-order valence-corrected chi connectivity index (χ0v) is 23.8. The Morgan fingerprint density at radius 3 is 2.00 bits per heavy atom. The highest BCUT2D eigenvalue weighted by molar-refractivity contribution is 6.56. The maximum Gasteiger partial charge on any atom is 0.492 e. The van der Waals surface area contributed by atoms with Crippen molar-refractivity contribution < 1.29 is 38.6 Å². The molecule has 0 spiro atoms. The van der Waals surface area contributed by atoms with E-state index in [1.54, 1.807) is 0 Å². The van der Waals surface area contributed by atoms with E-state index in [0.29, 0.717) is 5.47 Å². The number of fused-ring (bicyclic) bond motifs is 3. The van der Waals surface area contributed by atoms with Crippen LogP contribution in [0, 0.1) is 0 Å². The van der Waals surface area contributed by atoms with E-state index in [9.17, 15) is 24.6 Å². The molecular weight excluding hydrogens is 537 g/mol. The van der Waals surface area contributed by atoms with Gasteiger partial charge in [0.05, 0.1) is 22.3 Å². The topological polar surface area (TPSA) is 131 Å². The largest absolute Gasteiger partial charge is 0.492 e. The molecule has 0 unspecified atom stereocenters. The Labute approximate surface area is 244 Å². The van der Waals surface area contributed by atoms with Crippen molar-refractivity contribution in [3.63, 3.8) is 0 Å². The average Bonchev–Trinajstić information content (AvgIpc) is 3.38. The maximum absolute atomic E-state index is 13.0. The van der Waals surface area contributed by atoms with E-state index in [4.69, 9.17) is 14.0 Å². The number of carboxylic acids is 2. The minimum atomic E-state index is -1.23. The van der Waals surface area contributed by atoms with Crippen LogP contribution in [0.1, 0.15) is 71.0 Å². The van der Waals surface area contributed by atoms with Crippen LogP contribution in [0.3, 0.4) is 0 Å². The van der Waals surface area contributed by atoms with E-state index in [1.807, 2.05) is 64.1 Å². The Morgan fingerprint density at radius 2 is 1.45 bits per heavy atom. The van der Waals surface area contributed by atoms with Gasteiger partial charge in [-0.3, -0.25) is 0 Å². The van der Waals surface area contributed by atoms with Crippen LogP contribution < -0.4 is 5.32 Å². The number of rotatable bonds is 8. The van der Waals surface area contributed by atoms with Gasteiger partial charge in [-0.05, 0) is 79.2 Å². The summed E-state index contributed by atoms with van der Waals surface area (Å²) in [6, 6.07) is 19.8. The van der Waals surface area contributed by atoms with E-state index in [0.717, 1.165) is 22.3 Å². The lowest BCUT2D eigenvalue weighted by Crippen LogP contribution is -2.41. The predicted molar refractivity (Wildman–Crippen MR) is 157 cm³/mol. The molecule has 216 valence electrons. The molecular formula is C32H32BNO8. The van der Waals surface area contributed by atoms with Crippen LogP contribution in [-0.4, -0.2) is 59.7 Å². The van der Waals surface area contributed by atoms with Crippen LogP contribution in [0.5, 0.6) is 0 Å². The molecule has 2 aliphatic rings. The number of hydrogen-bond donors (Lipinski definition) is 3. The second kappa shape index (κ2) is 11.1. The molecule has 9 nitrogen and oxygen atoms in total. The zero-order valence-electron chi connectivity index (χ0n) is 23.8. The molecule has 0 radical (unpaired) electrons. The fourth-order valence-electron chi connectivity index (χ4n) is 5.23. The molecule has 1 saturated heterocycles. The number of nitrogens with one attached hydrogen (secondary N) is 1. The van der Waals surface area contributed by atoms with Gasteiger partial charge in [0.2, 0.25) is 0 Å². The van der Waals surface area contributed by atoms with E-state index >= 15 is 0 Å². The average molecular weight is 569 g/mol. The number of aromatic carboxylic acids is 2. The van der Waals surface area contributed by atoms with Crippen molar-refractivity contribution in [2.24, 2.45) is 0 Å². The van der Waals surface area contributed by atoms with Gasteiger partial charge in [0.15, 0.2) is 0 Å². The maximum atomic E-state index is 13.0. The van der Waals surface area contributed by atoms with E-state index < -0.39 is 36.4 Å². The highest BCUT2D eigenvalue weighted by Crippen LogP contribution is 2.44. The summed E-state index contributed by atoms with van der Waals surface area (Å²) >= 11 is 0. The molecule has 3 N–H and O–H groups in total. The Balaban J connectivity index is 1.38. The van der Waals surface area contributed by atoms with Crippen LogP contribution >= 0.6 is 0 Å². The van der Waals surface area contributed by atoms with Gasteiger partial charge in [-0.1, -0.05) is 54.6 Å². The number of carbonyl (C=O) groups is 3. The Morgan fingerprint density at radius 1 is 0.881 bits per heavy atom. The first-order chi connectivity index (χ1) is 19.9. The number of carboxylic acid groups (broad SMARTS) is 2. The lowest BCUT2D eigenvalue weighted by atomic mass is 9.76. The highest BCUT2D eigenvalue weighted by atomic mass is 16.7. The van der Waals surface area contributed by atoms with Gasteiger partial charge in [0.25, 0.3) is 0 Å². The first-order valence-corrected chi connectivity index (χ1v) is 13.6. The third-order valence-corrected chi connectivity index (χ3v) is 8.21. The van der Waals surface area contributed by atoms with Crippen LogP contribution in [0.2, 0.25) is 0 Å². The van der Waals surface area contributed by atoms with Crippen molar-refractivity contribution in [1.29, 1.82) is 0 Å². The Kier molecular flexibility index (Phi) is 7.70. The molecule has 1 heterocycles. The number of ether oxygens (including phenoxy) is 1. The molecule has 3 aromatic carbocycles. The van der Waals surface area contributed by atoms with Crippen molar-refractivity contribution >= 4 is 31.2 Å². The normalized spacial score (nSPS) is 17.0. The van der Waals surface area contributed by atoms with Gasteiger partial charge in [-0.15, -0.1) is 0 Å². The quantitative estimate of drug-likeness (QED) is 0.297. The zero-order chi connectivity index (χ0) is 30.2. The SMILES string of the molecule is CC1(C)OB(C(=Cc2cc(C(=O)O)ccc2C(=O)O)CNC(=O)OCC2c3ccccc3-c3ccccc32)OC1(C)C. The van der Waals surface area contributed by atoms with E-state index in [1.165, 1.54) is 24.3 Å². The third kappa shape index (κ3) is 5.55. The lowest BCUT2D eigenvalue weighted by molar-refractivity contribution is 0.00578. The van der Waals surface area contributed by atoms with Crippen LogP contribution in [0.25, 0.3) is 17.2 Å². The lowest BCUT2D eigenvalue weighted by Gasteiger charge is -2.32. The first kappa shape index (κ1) is 29.1. The molecule has 0 aromatic heterocycles. The number of hydrogen-bond acceptors (Lipinski definition) is 6. The smallest absolute Gasteiger partial charge is 0.478 e. The second-order valence-electron chi connectivity index (χ2n) is 11.4. The van der Waals surface area contributed by atoms with Crippen LogP contribution in [-0.2, 0) is 14.0 Å². The van der Waals surface area contributed by atoms with Crippen molar-refractivity contribution in [1.82, 2.24) is 5.32 Å². The summed E-state index contributed by atoms with van der Waals surface area (Å²) < 4.78 is 18.0. The first-order valence-electron chi connectivity index (χ1n) is 13.6. The summed E-state index contributed by atoms with van der Waals surface area (Å²) in [5.74, 6) is -2.54. The van der Waals surface area contributed by atoms with Gasteiger partial charge in [-0.25, -0.2) is 14.4 Å². The Bertz CT molecular complexity index is 1530. The molecule has 42 heavy (non-hydrogen) atoms. The fourth-order valence-corrected chi connectivity index (χ4v) is 5.23. The van der Waals surface area contributed by atoms with Crippen LogP contribution in [0.4, 0.5) is 4.79 Å². The minimum Gasteiger partial charge on any atom is -0.478 e. The number of carbonyl (C=O) groups excluding carboxylic acids is 1. The summed E-state index contributed by atoms with van der Waals surface area (Å²) in [6.07, 6.45) is 0.818. The molecule has 0 atom stereocenters. The summed E-state index contributed by atoms with van der Waals surface area (Å²) in [5.41, 5.74) is 3.34. The predicted octanol–water partition coefficient (Wildman–Crippen LogP) is 5.64. The number of benzene rings is 3. The molecule has 1 fully saturated rings. The minimum absolute atomic E-state index is 0.0796. The Hall–Kier alpha value is -4.41. The molecule has 1 aliphatic carbocycles. The second-order valence-corrected chi connectivity index (χ2v) is 11.4. The fraction of sp³-hybridized carbons (Fsp3) is 0.281. The van der Waals surface area contributed by atoms with Crippen molar-refractivity contribution in [2.75, 3.05) is 13.2 Å². The summed E-state index contributed by atoms with van der Waals surface area (Å²) in [7, 11) is -0.931. The molecule has 5 rings (SSSR count). The van der Waals surface area contributed by atoms with E-state index in [2.05, 4.69) is 17.4 Å². The van der Waals surface area contributed by atoms with E-state index in [-0.39, 0.29) is 35.8 Å². The van der Waals surface area contributed by atoms with Gasteiger partial charge in [0, 0.05) is 12.5 Å². The van der Waals surface area contributed by atoms with Crippen molar-refractivity contribution in [3.8, 4) is 11.1 Å². The van der Waals surface area contributed by atoms with Gasteiger partial charge in [0.1, 0.15) is 6.61 Å². The standard InChI is InChI=1S/C32H32BNO8/c1-31(2)32(3,4)42-33(41-31)21(16-20-15-19(28(35)36)13-14-22(20)29(37)38)17-34-30(39)40-18-27-25-11-7-5-9-23(25)24-10-6-8-12-26(24)27/h5-16,27H,17-18H2,1-4H3,(H,34,39)(H,35,36)(H,37,38). The molecule has 1 amide bonds. The third-order valence-electron chi connectivity index (χ3n) is 8.21. The van der Waals surface area contributed by atoms with Gasteiger partial charge in [-0.2, -0.15) is 0 Å². The van der Waals surface area contributed by atoms with Gasteiger partial charge >= 0.3 is 25.2 Å². The molecule has 3 aromatic rings. The summed E-state index contributed by atoms with van der Waals surface area (Å²) in [6.45, 7) is 7.52. The van der Waals surface area contributed by atoms with Crippen LogP contribution in [0.15, 0.2) is 72.2 Å². The van der Waals surface area contributed by atoms with Crippen molar-refractivity contribution in [2.45, 2.75) is 44.8 Å². The molecule has 1 aliphatic heterocycles. The molecule has 10 heteroatoms. The van der Waals surface area contributed by atoms with Gasteiger partial charge < -0.3 is 29.6 Å².